The molecule has 2 amide bonds. The van der Waals surface area contributed by atoms with E-state index in [1.807, 2.05) is 53.4 Å². The maximum Gasteiger partial charge on any atom is 0.252 e. The highest BCUT2D eigenvalue weighted by atomic mass is 16.7. The van der Waals surface area contributed by atoms with Crippen LogP contribution in [0.4, 0.5) is 0 Å². The maximum atomic E-state index is 13.8. The SMILES string of the molecule is O=C(NCN1CCNCC1)c1cccc(/C=C/C(=O)N2CCc3c([nH]c4ccccc34)C2c2ccc3c(c2)OCO3)c1. The van der Waals surface area contributed by atoms with Crippen LogP contribution in [0.25, 0.3) is 17.0 Å². The lowest BCUT2D eigenvalue weighted by Crippen LogP contribution is -2.48. The molecular weight excluding hydrogens is 530 g/mol. The summed E-state index contributed by atoms with van der Waals surface area (Å²) in [6.07, 6.45) is 4.14. The minimum atomic E-state index is -0.310. The topological polar surface area (TPSA) is 98.9 Å². The zero-order valence-corrected chi connectivity index (χ0v) is 23.3. The predicted octanol–water partition coefficient (Wildman–Crippen LogP) is 3.68. The van der Waals surface area contributed by atoms with Crippen molar-refractivity contribution in [1.82, 2.24) is 25.4 Å². The fraction of sp³-hybridized carbons (Fsp3) is 0.273. The number of aromatic amines is 1. The second kappa shape index (κ2) is 11.3. The quantitative estimate of drug-likeness (QED) is 0.310. The van der Waals surface area contributed by atoms with Gasteiger partial charge in [0, 0.05) is 61.0 Å². The van der Waals surface area contributed by atoms with Crippen LogP contribution in [0.2, 0.25) is 0 Å². The highest BCUT2D eigenvalue weighted by molar-refractivity contribution is 5.96. The van der Waals surface area contributed by atoms with Crippen molar-refractivity contribution in [3.63, 3.8) is 0 Å². The van der Waals surface area contributed by atoms with Crippen LogP contribution in [0.15, 0.2) is 72.8 Å². The van der Waals surface area contributed by atoms with Gasteiger partial charge in [0.15, 0.2) is 11.5 Å². The van der Waals surface area contributed by atoms with Crippen molar-refractivity contribution >= 4 is 28.8 Å². The van der Waals surface area contributed by atoms with Crippen LogP contribution >= 0.6 is 0 Å². The molecule has 1 unspecified atom stereocenters. The number of piperazine rings is 1. The summed E-state index contributed by atoms with van der Waals surface area (Å²) in [5.74, 6) is 1.17. The number of H-pyrrole nitrogens is 1. The Balaban J connectivity index is 1.13. The van der Waals surface area contributed by atoms with E-state index in [0.717, 1.165) is 54.9 Å². The van der Waals surface area contributed by atoms with Crippen LogP contribution < -0.4 is 20.1 Å². The summed E-state index contributed by atoms with van der Waals surface area (Å²) in [6, 6.07) is 21.2. The number of rotatable bonds is 6. The molecule has 3 aliphatic heterocycles. The Labute approximate surface area is 244 Å². The van der Waals surface area contributed by atoms with E-state index < -0.39 is 0 Å². The molecule has 3 aromatic carbocycles. The number of nitrogens with zero attached hydrogens (tertiary/aromatic N) is 2. The molecule has 1 saturated heterocycles. The molecule has 4 aromatic rings. The number of carbonyl (C=O) groups excluding carboxylic acids is 2. The molecule has 0 spiro atoms. The van der Waals surface area contributed by atoms with E-state index >= 15 is 0 Å². The molecule has 42 heavy (non-hydrogen) atoms. The van der Waals surface area contributed by atoms with E-state index in [1.165, 1.54) is 10.9 Å². The number of para-hydroxylation sites is 1. The fourth-order valence-electron chi connectivity index (χ4n) is 6.11. The van der Waals surface area contributed by atoms with Gasteiger partial charge in [0.25, 0.3) is 5.91 Å². The molecule has 1 atom stereocenters. The monoisotopic (exact) mass is 563 g/mol. The molecule has 1 aromatic heterocycles. The first-order valence-corrected chi connectivity index (χ1v) is 14.4. The Morgan fingerprint density at radius 3 is 2.71 bits per heavy atom. The van der Waals surface area contributed by atoms with Crippen LogP contribution in [-0.2, 0) is 11.2 Å². The second-order valence-electron chi connectivity index (χ2n) is 10.9. The molecule has 4 heterocycles. The number of aromatic nitrogens is 1. The number of carbonyl (C=O) groups is 2. The van der Waals surface area contributed by atoms with Crippen LogP contribution in [0, 0.1) is 0 Å². The first kappa shape index (κ1) is 26.3. The Kier molecular flexibility index (Phi) is 7.11. The lowest BCUT2D eigenvalue weighted by Gasteiger charge is -2.35. The van der Waals surface area contributed by atoms with Gasteiger partial charge < -0.3 is 30.0 Å². The number of fused-ring (bicyclic) bond motifs is 4. The van der Waals surface area contributed by atoms with Crippen LogP contribution in [0.1, 0.15) is 38.8 Å². The second-order valence-corrected chi connectivity index (χ2v) is 10.9. The summed E-state index contributed by atoms with van der Waals surface area (Å²) in [5, 5.41) is 7.52. The summed E-state index contributed by atoms with van der Waals surface area (Å²) in [4.78, 5) is 34.3. The molecule has 7 rings (SSSR count). The minimum Gasteiger partial charge on any atom is -0.454 e. The molecule has 0 radical (unpaired) electrons. The van der Waals surface area contributed by atoms with Gasteiger partial charge in [0.05, 0.1) is 12.7 Å². The summed E-state index contributed by atoms with van der Waals surface area (Å²) >= 11 is 0. The van der Waals surface area contributed by atoms with Gasteiger partial charge in [-0.15, -0.1) is 0 Å². The van der Waals surface area contributed by atoms with E-state index in [0.29, 0.717) is 30.3 Å². The molecule has 9 heteroatoms. The highest BCUT2D eigenvalue weighted by Gasteiger charge is 2.34. The number of hydrogen-bond donors (Lipinski definition) is 3. The molecule has 3 aliphatic rings. The average molecular weight is 564 g/mol. The lowest BCUT2D eigenvalue weighted by molar-refractivity contribution is -0.128. The first-order valence-electron chi connectivity index (χ1n) is 14.4. The zero-order valence-electron chi connectivity index (χ0n) is 23.3. The van der Waals surface area contributed by atoms with E-state index in [2.05, 4.69) is 32.7 Å². The van der Waals surface area contributed by atoms with Gasteiger partial charge in [-0.05, 0) is 59.5 Å². The van der Waals surface area contributed by atoms with Crippen molar-refractivity contribution in [1.29, 1.82) is 0 Å². The summed E-state index contributed by atoms with van der Waals surface area (Å²) in [7, 11) is 0. The van der Waals surface area contributed by atoms with Gasteiger partial charge in [-0.3, -0.25) is 14.5 Å². The largest absolute Gasteiger partial charge is 0.454 e. The lowest BCUT2D eigenvalue weighted by atomic mass is 9.92. The van der Waals surface area contributed by atoms with Crippen molar-refractivity contribution < 1.29 is 19.1 Å². The van der Waals surface area contributed by atoms with Gasteiger partial charge in [-0.25, -0.2) is 0 Å². The Hall–Kier alpha value is -4.60. The third kappa shape index (κ3) is 5.13. The van der Waals surface area contributed by atoms with Gasteiger partial charge in [-0.1, -0.05) is 36.4 Å². The van der Waals surface area contributed by atoms with Crippen molar-refractivity contribution in [2.75, 3.05) is 46.2 Å². The van der Waals surface area contributed by atoms with E-state index in [9.17, 15) is 9.59 Å². The van der Waals surface area contributed by atoms with E-state index in [-0.39, 0.29) is 24.6 Å². The molecule has 1 fully saturated rings. The summed E-state index contributed by atoms with van der Waals surface area (Å²) < 4.78 is 11.2. The third-order valence-electron chi connectivity index (χ3n) is 8.27. The van der Waals surface area contributed by atoms with Crippen LogP contribution in [0.3, 0.4) is 0 Å². The molecule has 9 nitrogen and oxygen atoms in total. The number of nitrogens with one attached hydrogen (secondary N) is 3. The average Bonchev–Trinajstić information content (AvgIpc) is 3.67. The first-order chi connectivity index (χ1) is 20.6. The molecule has 0 saturated carbocycles. The van der Waals surface area contributed by atoms with Gasteiger partial charge in [-0.2, -0.15) is 0 Å². The predicted molar refractivity (Wildman–Crippen MR) is 160 cm³/mol. The van der Waals surface area contributed by atoms with Gasteiger partial charge >= 0.3 is 0 Å². The van der Waals surface area contributed by atoms with Crippen LogP contribution in [0.5, 0.6) is 11.5 Å². The van der Waals surface area contributed by atoms with Gasteiger partial charge in [0.1, 0.15) is 0 Å². The normalized spacial score (nSPS) is 18.4. The van der Waals surface area contributed by atoms with Crippen LogP contribution in [-0.4, -0.2) is 72.8 Å². The number of benzene rings is 3. The van der Waals surface area contributed by atoms with Crippen molar-refractivity contribution in [2.45, 2.75) is 12.5 Å². The highest BCUT2D eigenvalue weighted by Crippen LogP contribution is 2.42. The number of ether oxygens (including phenoxy) is 2. The Morgan fingerprint density at radius 1 is 0.952 bits per heavy atom. The minimum absolute atomic E-state index is 0.101. The fourth-order valence-corrected chi connectivity index (χ4v) is 6.11. The van der Waals surface area contributed by atoms with E-state index in [4.69, 9.17) is 9.47 Å². The molecule has 3 N–H and O–H groups in total. The summed E-state index contributed by atoms with van der Waals surface area (Å²) in [5.41, 5.74) is 5.63. The Morgan fingerprint density at radius 2 is 1.81 bits per heavy atom. The molecule has 214 valence electrons. The maximum absolute atomic E-state index is 13.8. The molecule has 0 bridgehead atoms. The Bertz CT molecular complexity index is 1670. The molecular formula is C33H33N5O4. The van der Waals surface area contributed by atoms with Crippen molar-refractivity contribution in [3.8, 4) is 11.5 Å². The van der Waals surface area contributed by atoms with Crippen molar-refractivity contribution in [3.05, 3.63) is 101 Å². The third-order valence-corrected chi connectivity index (χ3v) is 8.27. The zero-order chi connectivity index (χ0) is 28.5. The van der Waals surface area contributed by atoms with Gasteiger partial charge in [0.2, 0.25) is 12.7 Å². The summed E-state index contributed by atoms with van der Waals surface area (Å²) in [6.45, 7) is 4.97. The molecule has 0 aliphatic carbocycles. The van der Waals surface area contributed by atoms with E-state index in [1.54, 1.807) is 18.2 Å². The van der Waals surface area contributed by atoms with Crippen molar-refractivity contribution in [2.24, 2.45) is 0 Å². The number of amides is 2. The smallest absolute Gasteiger partial charge is 0.252 e. The number of hydrogen-bond acceptors (Lipinski definition) is 6. The standard InChI is InChI=1S/C33H33N5O4/c39-30(11-8-22-4-3-5-24(18-22)33(40)35-20-37-16-13-34-14-17-37)38-15-12-26-25-6-1-2-7-27(25)36-31(26)32(38)23-9-10-28-29(19-23)42-21-41-28/h1-11,18-19,32,34,36H,12-17,20-21H2,(H,35,40)/b11-8+.